The lowest BCUT2D eigenvalue weighted by atomic mass is 10.1. The van der Waals surface area contributed by atoms with Gasteiger partial charge in [-0.3, -0.25) is 4.79 Å². The first-order valence-corrected chi connectivity index (χ1v) is 4.82. The van der Waals surface area contributed by atoms with Gasteiger partial charge in [0.25, 0.3) is 0 Å². The predicted molar refractivity (Wildman–Crippen MR) is 65.2 cm³/mol. The van der Waals surface area contributed by atoms with Crippen LogP contribution in [0.5, 0.6) is 0 Å². The van der Waals surface area contributed by atoms with Crippen LogP contribution in [0.15, 0.2) is 18.2 Å². The van der Waals surface area contributed by atoms with Crippen molar-refractivity contribution in [1.82, 2.24) is 0 Å². The standard InChI is InChI=1S/C11H15FN2O.ClH/c1-7(6-13)11(15)14-10-5-3-4-9(12)8(10)2;/h3-5,7H,6,13H2,1-2H3,(H,14,15);1H. The Kier molecular flexibility index (Phi) is 6.00. The number of anilines is 1. The van der Waals surface area contributed by atoms with Crippen LogP contribution in [0.4, 0.5) is 10.1 Å². The SMILES string of the molecule is Cc1c(F)cccc1NC(=O)C(C)CN.Cl. The van der Waals surface area contributed by atoms with Gasteiger partial charge in [0.1, 0.15) is 5.82 Å². The van der Waals surface area contributed by atoms with Crippen LogP contribution in [0, 0.1) is 18.7 Å². The maximum absolute atomic E-state index is 13.1. The van der Waals surface area contributed by atoms with E-state index in [-0.39, 0.29) is 36.6 Å². The predicted octanol–water partition coefficient (Wildman–Crippen LogP) is 2.09. The fraction of sp³-hybridized carbons (Fsp3) is 0.364. The molecular formula is C11H16ClFN2O. The number of nitrogens with one attached hydrogen (secondary N) is 1. The minimum atomic E-state index is -0.326. The monoisotopic (exact) mass is 246 g/mol. The quantitative estimate of drug-likeness (QED) is 0.858. The van der Waals surface area contributed by atoms with Gasteiger partial charge in [0.05, 0.1) is 0 Å². The highest BCUT2D eigenvalue weighted by molar-refractivity contribution is 5.93. The Morgan fingerprint density at radius 3 is 2.75 bits per heavy atom. The first-order chi connectivity index (χ1) is 7.06. The number of amides is 1. The van der Waals surface area contributed by atoms with E-state index in [0.29, 0.717) is 11.3 Å². The molecule has 0 spiro atoms. The van der Waals surface area contributed by atoms with Gasteiger partial charge in [0, 0.05) is 23.7 Å². The highest BCUT2D eigenvalue weighted by Gasteiger charge is 2.12. The third kappa shape index (κ3) is 3.47. The van der Waals surface area contributed by atoms with E-state index in [1.165, 1.54) is 6.07 Å². The Bertz CT molecular complexity index is 371. The zero-order valence-electron chi connectivity index (χ0n) is 9.29. The second kappa shape index (κ2) is 6.45. The second-order valence-corrected chi connectivity index (χ2v) is 3.54. The van der Waals surface area contributed by atoms with Crippen molar-refractivity contribution >= 4 is 24.0 Å². The Morgan fingerprint density at radius 2 is 2.19 bits per heavy atom. The molecule has 0 saturated heterocycles. The van der Waals surface area contributed by atoms with Crippen LogP contribution in [0.25, 0.3) is 0 Å². The lowest BCUT2D eigenvalue weighted by molar-refractivity contribution is -0.119. The van der Waals surface area contributed by atoms with Crippen LogP contribution in [-0.2, 0) is 4.79 Å². The maximum atomic E-state index is 13.1. The van der Waals surface area contributed by atoms with Gasteiger partial charge in [0.15, 0.2) is 0 Å². The van der Waals surface area contributed by atoms with Crippen molar-refractivity contribution in [1.29, 1.82) is 0 Å². The maximum Gasteiger partial charge on any atom is 0.228 e. The summed E-state index contributed by atoms with van der Waals surface area (Å²) in [6, 6.07) is 4.59. The fourth-order valence-corrected chi connectivity index (χ4v) is 1.11. The number of nitrogens with two attached hydrogens (primary N) is 1. The first kappa shape index (κ1) is 14.9. The molecule has 16 heavy (non-hydrogen) atoms. The number of hydrogen-bond donors (Lipinski definition) is 2. The molecule has 1 amide bonds. The summed E-state index contributed by atoms with van der Waals surface area (Å²) in [6.45, 7) is 3.63. The highest BCUT2D eigenvalue weighted by atomic mass is 35.5. The van der Waals surface area contributed by atoms with Gasteiger partial charge < -0.3 is 11.1 Å². The van der Waals surface area contributed by atoms with E-state index in [9.17, 15) is 9.18 Å². The average molecular weight is 247 g/mol. The molecule has 0 aliphatic rings. The molecule has 0 aliphatic heterocycles. The van der Waals surface area contributed by atoms with Gasteiger partial charge in [-0.2, -0.15) is 0 Å². The van der Waals surface area contributed by atoms with Crippen LogP contribution >= 0.6 is 12.4 Å². The van der Waals surface area contributed by atoms with Crippen LogP contribution in [0.1, 0.15) is 12.5 Å². The molecule has 0 fully saturated rings. The minimum Gasteiger partial charge on any atom is -0.330 e. The molecule has 1 aromatic carbocycles. The van der Waals surface area contributed by atoms with Crippen molar-refractivity contribution < 1.29 is 9.18 Å². The van der Waals surface area contributed by atoms with Crippen LogP contribution in [0.3, 0.4) is 0 Å². The Morgan fingerprint density at radius 1 is 1.56 bits per heavy atom. The summed E-state index contributed by atoms with van der Waals surface area (Å²) in [5, 5.41) is 2.64. The van der Waals surface area contributed by atoms with E-state index in [1.54, 1.807) is 26.0 Å². The number of carbonyl (C=O) groups excluding carboxylic acids is 1. The zero-order chi connectivity index (χ0) is 11.4. The average Bonchev–Trinajstić information content (AvgIpc) is 2.23. The lowest BCUT2D eigenvalue weighted by Crippen LogP contribution is -2.27. The molecule has 90 valence electrons. The normalized spacial score (nSPS) is 11.5. The number of halogens is 2. The number of carbonyl (C=O) groups is 1. The topological polar surface area (TPSA) is 55.1 Å². The van der Waals surface area contributed by atoms with Crippen molar-refractivity contribution in [3.8, 4) is 0 Å². The molecule has 0 heterocycles. The molecule has 1 unspecified atom stereocenters. The summed E-state index contributed by atoms with van der Waals surface area (Å²) >= 11 is 0. The largest absolute Gasteiger partial charge is 0.330 e. The van der Waals surface area contributed by atoms with Crippen molar-refractivity contribution in [3.05, 3.63) is 29.6 Å². The Hall–Kier alpha value is -1.13. The summed E-state index contributed by atoms with van der Waals surface area (Å²) in [7, 11) is 0. The molecule has 0 saturated carbocycles. The second-order valence-electron chi connectivity index (χ2n) is 3.54. The summed E-state index contributed by atoms with van der Waals surface area (Å²) in [5.74, 6) is -0.785. The molecule has 0 aromatic heterocycles. The van der Waals surface area contributed by atoms with Crippen molar-refractivity contribution in [2.24, 2.45) is 11.7 Å². The molecule has 1 atom stereocenters. The fourth-order valence-electron chi connectivity index (χ4n) is 1.11. The summed E-state index contributed by atoms with van der Waals surface area (Å²) in [6.07, 6.45) is 0. The van der Waals surface area contributed by atoms with Gasteiger partial charge in [-0.1, -0.05) is 13.0 Å². The Labute approximate surface area is 101 Å². The number of benzene rings is 1. The van der Waals surface area contributed by atoms with Gasteiger partial charge >= 0.3 is 0 Å². The molecule has 0 aliphatic carbocycles. The van der Waals surface area contributed by atoms with E-state index >= 15 is 0 Å². The van der Waals surface area contributed by atoms with Gasteiger partial charge in [0.2, 0.25) is 5.91 Å². The third-order valence-electron chi connectivity index (χ3n) is 2.33. The van der Waals surface area contributed by atoms with Crippen LogP contribution in [0.2, 0.25) is 0 Å². The summed E-state index contributed by atoms with van der Waals surface area (Å²) in [5.41, 5.74) is 6.30. The van der Waals surface area contributed by atoms with E-state index in [0.717, 1.165) is 0 Å². The minimum absolute atomic E-state index is 0. The first-order valence-electron chi connectivity index (χ1n) is 4.82. The molecule has 3 nitrogen and oxygen atoms in total. The summed E-state index contributed by atoms with van der Waals surface area (Å²) < 4.78 is 13.1. The van der Waals surface area contributed by atoms with Crippen molar-refractivity contribution in [3.63, 3.8) is 0 Å². The van der Waals surface area contributed by atoms with Gasteiger partial charge in [-0.05, 0) is 19.1 Å². The molecule has 3 N–H and O–H groups in total. The Balaban J connectivity index is 0.00000225. The van der Waals surface area contributed by atoms with Gasteiger partial charge in [-0.15, -0.1) is 12.4 Å². The summed E-state index contributed by atoms with van der Waals surface area (Å²) in [4.78, 5) is 11.5. The third-order valence-corrected chi connectivity index (χ3v) is 2.33. The molecule has 0 bridgehead atoms. The highest BCUT2D eigenvalue weighted by Crippen LogP contribution is 2.17. The van der Waals surface area contributed by atoms with E-state index < -0.39 is 0 Å². The van der Waals surface area contributed by atoms with Gasteiger partial charge in [-0.25, -0.2) is 4.39 Å². The molecule has 5 heteroatoms. The van der Waals surface area contributed by atoms with Crippen molar-refractivity contribution in [2.45, 2.75) is 13.8 Å². The van der Waals surface area contributed by atoms with Crippen molar-refractivity contribution in [2.75, 3.05) is 11.9 Å². The molecule has 0 radical (unpaired) electrons. The number of hydrogen-bond acceptors (Lipinski definition) is 2. The molecule has 1 rings (SSSR count). The van der Waals surface area contributed by atoms with E-state index in [2.05, 4.69) is 5.32 Å². The molecule has 1 aromatic rings. The van der Waals surface area contributed by atoms with E-state index in [1.807, 2.05) is 0 Å². The lowest BCUT2D eigenvalue weighted by Gasteiger charge is -2.12. The molecular weight excluding hydrogens is 231 g/mol. The smallest absolute Gasteiger partial charge is 0.228 e. The number of rotatable bonds is 3. The van der Waals surface area contributed by atoms with Crippen LogP contribution < -0.4 is 11.1 Å². The van der Waals surface area contributed by atoms with Crippen LogP contribution in [-0.4, -0.2) is 12.5 Å². The van der Waals surface area contributed by atoms with E-state index in [4.69, 9.17) is 5.73 Å². The zero-order valence-corrected chi connectivity index (χ0v) is 10.1.